The van der Waals surface area contributed by atoms with E-state index in [1.54, 1.807) is 20.4 Å². The molecular formula is C30H31N3O3. The van der Waals surface area contributed by atoms with Crippen LogP contribution in [0.3, 0.4) is 0 Å². The van der Waals surface area contributed by atoms with E-state index in [1.165, 1.54) is 0 Å². The summed E-state index contributed by atoms with van der Waals surface area (Å²) in [5.41, 5.74) is 2.50. The van der Waals surface area contributed by atoms with Gasteiger partial charge in [0, 0.05) is 30.9 Å². The van der Waals surface area contributed by atoms with E-state index in [1.807, 2.05) is 84.9 Å². The molecule has 1 saturated heterocycles. The average Bonchev–Trinajstić information content (AvgIpc) is 2.97. The smallest absolute Gasteiger partial charge is 0.225 e. The first kappa shape index (κ1) is 23.8. The van der Waals surface area contributed by atoms with Gasteiger partial charge in [-0.2, -0.15) is 0 Å². The maximum absolute atomic E-state index is 12.2. The van der Waals surface area contributed by atoms with Gasteiger partial charge in [-0.15, -0.1) is 0 Å². The molecule has 5 rings (SSSR count). The monoisotopic (exact) mass is 481 g/mol. The average molecular weight is 482 g/mol. The van der Waals surface area contributed by atoms with Crippen LogP contribution in [0.5, 0.6) is 11.5 Å². The van der Waals surface area contributed by atoms with Crippen molar-refractivity contribution in [2.75, 3.05) is 32.2 Å². The van der Waals surface area contributed by atoms with Gasteiger partial charge in [-0.1, -0.05) is 60.7 Å². The van der Waals surface area contributed by atoms with Gasteiger partial charge in [0.05, 0.1) is 19.9 Å². The van der Waals surface area contributed by atoms with Gasteiger partial charge in [0.25, 0.3) is 0 Å². The molecule has 1 fully saturated rings. The lowest BCUT2D eigenvalue weighted by atomic mass is 9.72. The standard InChI is InChI=1S/C30H31N3O3/c1-35-25-13-14-26(28(21-25)36-2)27-15-18-31-29(32-27)33-19-16-24(17-20-33)30(34,22-9-5-3-6-10-22)23-11-7-4-8-12-23/h3-15,18,21,24,34H,16-17,19-20H2,1-2H3. The summed E-state index contributed by atoms with van der Waals surface area (Å²) in [6, 6.07) is 27.6. The second kappa shape index (κ2) is 10.4. The number of nitrogens with zero attached hydrogens (tertiary/aromatic N) is 3. The highest BCUT2D eigenvalue weighted by molar-refractivity contribution is 5.69. The Balaban J connectivity index is 1.38. The summed E-state index contributed by atoms with van der Waals surface area (Å²) < 4.78 is 10.9. The summed E-state index contributed by atoms with van der Waals surface area (Å²) in [4.78, 5) is 11.6. The molecule has 4 aromatic rings. The molecule has 0 spiro atoms. The first-order chi connectivity index (χ1) is 17.6. The number of hydrogen-bond acceptors (Lipinski definition) is 6. The van der Waals surface area contributed by atoms with Gasteiger partial charge in [0.1, 0.15) is 17.1 Å². The van der Waals surface area contributed by atoms with E-state index in [4.69, 9.17) is 14.5 Å². The molecule has 0 amide bonds. The Hall–Kier alpha value is -3.90. The molecule has 3 aromatic carbocycles. The predicted octanol–water partition coefficient (Wildman–Crippen LogP) is 5.31. The second-order valence-corrected chi connectivity index (χ2v) is 9.07. The third-order valence-corrected chi connectivity index (χ3v) is 7.12. The van der Waals surface area contributed by atoms with Gasteiger partial charge < -0.3 is 19.5 Å². The fourth-order valence-electron chi connectivity index (χ4n) is 5.18. The number of anilines is 1. The number of ether oxygens (including phenoxy) is 2. The van der Waals surface area contributed by atoms with E-state index in [0.29, 0.717) is 11.7 Å². The van der Waals surface area contributed by atoms with Crippen LogP contribution in [0.1, 0.15) is 24.0 Å². The third-order valence-electron chi connectivity index (χ3n) is 7.12. The zero-order valence-electron chi connectivity index (χ0n) is 20.7. The number of hydrogen-bond donors (Lipinski definition) is 1. The molecule has 0 aliphatic carbocycles. The summed E-state index contributed by atoms with van der Waals surface area (Å²) in [7, 11) is 3.28. The molecule has 0 atom stereocenters. The van der Waals surface area contributed by atoms with E-state index in [-0.39, 0.29) is 5.92 Å². The molecule has 0 saturated carbocycles. The minimum atomic E-state index is -1.05. The number of aliphatic hydroxyl groups is 1. The van der Waals surface area contributed by atoms with Crippen molar-refractivity contribution < 1.29 is 14.6 Å². The number of rotatable bonds is 7. The molecular weight excluding hydrogens is 450 g/mol. The van der Waals surface area contributed by atoms with Crippen LogP contribution in [-0.4, -0.2) is 42.4 Å². The zero-order chi connectivity index (χ0) is 25.0. The molecule has 6 heteroatoms. The Morgan fingerprint density at radius 3 is 2.06 bits per heavy atom. The lowest BCUT2D eigenvalue weighted by Crippen LogP contribution is -2.44. The first-order valence-electron chi connectivity index (χ1n) is 12.3. The van der Waals surface area contributed by atoms with Crippen LogP contribution >= 0.6 is 0 Å². The van der Waals surface area contributed by atoms with E-state index >= 15 is 0 Å². The van der Waals surface area contributed by atoms with Gasteiger partial charge in [0.2, 0.25) is 5.95 Å². The van der Waals surface area contributed by atoms with Crippen LogP contribution in [-0.2, 0) is 5.60 Å². The Kier molecular flexibility index (Phi) is 6.87. The SMILES string of the molecule is COc1ccc(-c2ccnc(N3CCC(C(O)(c4ccccc4)c4ccccc4)CC3)n2)c(OC)c1. The maximum Gasteiger partial charge on any atom is 0.225 e. The van der Waals surface area contributed by atoms with E-state index in [0.717, 1.165) is 54.1 Å². The highest BCUT2D eigenvalue weighted by atomic mass is 16.5. The first-order valence-corrected chi connectivity index (χ1v) is 12.3. The molecule has 36 heavy (non-hydrogen) atoms. The van der Waals surface area contributed by atoms with Crippen molar-refractivity contribution >= 4 is 5.95 Å². The normalized spacial score (nSPS) is 14.5. The molecule has 0 radical (unpaired) electrons. The van der Waals surface area contributed by atoms with Crippen LogP contribution in [0, 0.1) is 5.92 Å². The molecule has 184 valence electrons. The minimum Gasteiger partial charge on any atom is -0.497 e. The van der Waals surface area contributed by atoms with Crippen molar-refractivity contribution in [3.63, 3.8) is 0 Å². The van der Waals surface area contributed by atoms with Crippen molar-refractivity contribution in [2.24, 2.45) is 5.92 Å². The van der Waals surface area contributed by atoms with Gasteiger partial charge in [-0.3, -0.25) is 0 Å². The van der Waals surface area contributed by atoms with E-state index in [2.05, 4.69) is 9.88 Å². The van der Waals surface area contributed by atoms with Crippen LogP contribution in [0.15, 0.2) is 91.1 Å². The van der Waals surface area contributed by atoms with Gasteiger partial charge in [-0.05, 0) is 48.1 Å². The van der Waals surface area contributed by atoms with Crippen molar-refractivity contribution in [2.45, 2.75) is 18.4 Å². The summed E-state index contributed by atoms with van der Waals surface area (Å²) in [5.74, 6) is 2.19. The van der Waals surface area contributed by atoms with Crippen LogP contribution in [0.25, 0.3) is 11.3 Å². The quantitative estimate of drug-likeness (QED) is 0.386. The minimum absolute atomic E-state index is 0.0726. The third kappa shape index (κ3) is 4.52. The van der Waals surface area contributed by atoms with Crippen molar-refractivity contribution in [3.8, 4) is 22.8 Å². The Morgan fingerprint density at radius 2 is 1.47 bits per heavy atom. The topological polar surface area (TPSA) is 67.7 Å². The molecule has 2 heterocycles. The van der Waals surface area contributed by atoms with Crippen molar-refractivity contribution in [3.05, 3.63) is 102 Å². The molecule has 1 aromatic heterocycles. The molecule has 0 unspecified atom stereocenters. The Morgan fingerprint density at radius 1 is 0.833 bits per heavy atom. The van der Waals surface area contributed by atoms with Crippen LogP contribution in [0.2, 0.25) is 0 Å². The number of methoxy groups -OCH3 is 2. The molecule has 0 bridgehead atoms. The van der Waals surface area contributed by atoms with Crippen molar-refractivity contribution in [1.82, 2.24) is 9.97 Å². The van der Waals surface area contributed by atoms with Gasteiger partial charge in [-0.25, -0.2) is 9.97 Å². The van der Waals surface area contributed by atoms with Gasteiger partial charge in [0.15, 0.2) is 0 Å². The second-order valence-electron chi connectivity index (χ2n) is 9.07. The summed E-state index contributed by atoms with van der Waals surface area (Å²) in [6.45, 7) is 1.52. The van der Waals surface area contributed by atoms with Crippen molar-refractivity contribution in [1.29, 1.82) is 0 Å². The summed E-state index contributed by atoms with van der Waals surface area (Å²) in [6.07, 6.45) is 3.43. The largest absolute Gasteiger partial charge is 0.497 e. The Labute approximate surface area is 212 Å². The summed E-state index contributed by atoms with van der Waals surface area (Å²) in [5, 5.41) is 12.2. The van der Waals surface area contributed by atoms with Crippen LogP contribution < -0.4 is 14.4 Å². The van der Waals surface area contributed by atoms with E-state index < -0.39 is 5.60 Å². The predicted molar refractivity (Wildman–Crippen MR) is 141 cm³/mol. The molecule has 1 aliphatic rings. The number of piperidine rings is 1. The highest BCUT2D eigenvalue weighted by Gasteiger charge is 2.41. The molecule has 1 N–H and O–H groups in total. The highest BCUT2D eigenvalue weighted by Crippen LogP contribution is 2.42. The number of benzene rings is 3. The lowest BCUT2D eigenvalue weighted by Gasteiger charge is -2.42. The van der Waals surface area contributed by atoms with E-state index in [9.17, 15) is 5.11 Å². The summed E-state index contributed by atoms with van der Waals surface area (Å²) >= 11 is 0. The fraction of sp³-hybridized carbons (Fsp3) is 0.267. The lowest BCUT2D eigenvalue weighted by molar-refractivity contribution is 0.00494. The van der Waals surface area contributed by atoms with Gasteiger partial charge >= 0.3 is 0 Å². The zero-order valence-corrected chi connectivity index (χ0v) is 20.7. The maximum atomic E-state index is 12.2. The Bertz CT molecular complexity index is 1250. The number of aromatic nitrogens is 2. The molecule has 1 aliphatic heterocycles. The fourth-order valence-corrected chi connectivity index (χ4v) is 5.18. The molecule has 6 nitrogen and oxygen atoms in total. The van der Waals surface area contributed by atoms with Crippen LogP contribution in [0.4, 0.5) is 5.95 Å².